The summed E-state index contributed by atoms with van der Waals surface area (Å²) in [5, 5.41) is 6.01. The molecule has 0 saturated carbocycles. The summed E-state index contributed by atoms with van der Waals surface area (Å²) in [5.41, 5.74) is 6.17. The lowest BCUT2D eigenvalue weighted by atomic mass is 9.75. The zero-order chi connectivity index (χ0) is 24.9. The first kappa shape index (κ1) is 22.3. The fourth-order valence-electron chi connectivity index (χ4n) is 5.17. The van der Waals surface area contributed by atoms with Gasteiger partial charge in [-0.15, -0.1) is 34.0 Å². The predicted octanol–water partition coefficient (Wildman–Crippen LogP) is 9.31. The van der Waals surface area contributed by atoms with Crippen LogP contribution in [-0.2, 0) is 0 Å². The second-order valence-corrected chi connectivity index (χ2v) is 11.6. The molecule has 1 aliphatic carbocycles. The average molecular weight is 531 g/mol. The maximum absolute atomic E-state index is 14.7. The minimum Gasteiger partial charge on any atom is -0.289 e. The smallest absolute Gasteiger partial charge is 0.195 e. The number of benzene rings is 3. The quantitative estimate of drug-likeness (QED) is 0.227. The van der Waals surface area contributed by atoms with Crippen molar-refractivity contribution in [1.29, 1.82) is 0 Å². The lowest BCUT2D eigenvalue weighted by Crippen LogP contribution is -2.24. The largest absolute Gasteiger partial charge is 0.289 e. The highest BCUT2D eigenvalue weighted by Crippen LogP contribution is 2.46. The molecule has 37 heavy (non-hydrogen) atoms. The Balaban J connectivity index is 1.60. The van der Waals surface area contributed by atoms with Gasteiger partial charge in [-0.25, -0.2) is 0 Å². The number of fused-ring (bicyclic) bond motifs is 2. The highest BCUT2D eigenvalue weighted by molar-refractivity contribution is 7.14. The topological polar surface area (TPSA) is 34.1 Å². The van der Waals surface area contributed by atoms with Gasteiger partial charge in [0.05, 0.1) is 0 Å². The first-order valence-electron chi connectivity index (χ1n) is 11.8. The highest BCUT2D eigenvalue weighted by Gasteiger charge is 2.38. The van der Waals surface area contributed by atoms with Gasteiger partial charge in [0, 0.05) is 53.6 Å². The Bertz CT molecular complexity index is 1780. The lowest BCUT2D eigenvalue weighted by molar-refractivity contribution is 0.0981. The third-order valence-electron chi connectivity index (χ3n) is 6.76. The zero-order valence-electron chi connectivity index (χ0n) is 19.4. The van der Waals surface area contributed by atoms with E-state index in [2.05, 4.69) is 0 Å². The molecule has 0 amide bonds. The van der Waals surface area contributed by atoms with Crippen LogP contribution in [0.5, 0.6) is 0 Å². The number of ketones is 2. The van der Waals surface area contributed by atoms with Crippen molar-refractivity contribution < 1.29 is 9.59 Å². The molecule has 3 heterocycles. The van der Waals surface area contributed by atoms with Crippen molar-refractivity contribution in [2.75, 3.05) is 0 Å². The lowest BCUT2D eigenvalue weighted by Gasteiger charge is -2.26. The fourth-order valence-corrected chi connectivity index (χ4v) is 7.44. The van der Waals surface area contributed by atoms with Crippen molar-refractivity contribution in [3.63, 3.8) is 0 Å². The standard InChI is InChI=1S/C32H18O2S3/c33-31-27-20(19-7-2-1-3-8-19)12-13-21(24-9-4-16-35-24)28(27)32(34)30-23(26-11-6-18-37-26)15-14-22(29(30)31)25-10-5-17-36-25/h1-18H. The van der Waals surface area contributed by atoms with Gasteiger partial charge in [0.1, 0.15) is 0 Å². The Morgan fingerprint density at radius 3 is 1.14 bits per heavy atom. The Morgan fingerprint density at radius 2 is 0.757 bits per heavy atom. The van der Waals surface area contributed by atoms with E-state index in [9.17, 15) is 9.59 Å². The molecular weight excluding hydrogens is 513 g/mol. The van der Waals surface area contributed by atoms with E-state index in [1.54, 1.807) is 34.0 Å². The maximum Gasteiger partial charge on any atom is 0.195 e. The van der Waals surface area contributed by atoms with Crippen LogP contribution in [0.1, 0.15) is 31.8 Å². The van der Waals surface area contributed by atoms with Crippen LogP contribution >= 0.6 is 34.0 Å². The molecule has 0 radical (unpaired) electrons. The molecule has 2 nitrogen and oxygen atoms in total. The molecule has 7 rings (SSSR count). The molecule has 0 unspecified atom stereocenters. The Kier molecular flexibility index (Phi) is 5.36. The Morgan fingerprint density at radius 1 is 0.378 bits per heavy atom. The van der Waals surface area contributed by atoms with Gasteiger partial charge in [-0.1, -0.05) is 72.8 Å². The van der Waals surface area contributed by atoms with Gasteiger partial charge < -0.3 is 0 Å². The summed E-state index contributed by atoms with van der Waals surface area (Å²) in [5.74, 6) is -0.184. The Hall–Kier alpha value is -3.90. The van der Waals surface area contributed by atoms with Crippen molar-refractivity contribution in [1.82, 2.24) is 0 Å². The summed E-state index contributed by atoms with van der Waals surface area (Å²) in [6.07, 6.45) is 0. The summed E-state index contributed by atoms with van der Waals surface area (Å²) in [4.78, 5) is 32.3. The molecule has 0 saturated heterocycles. The van der Waals surface area contributed by atoms with E-state index in [0.29, 0.717) is 22.3 Å². The zero-order valence-corrected chi connectivity index (χ0v) is 21.9. The second kappa shape index (κ2) is 8.89. The summed E-state index contributed by atoms with van der Waals surface area (Å²) < 4.78 is 0. The van der Waals surface area contributed by atoms with Gasteiger partial charge in [-0.2, -0.15) is 0 Å². The number of carbonyl (C=O) groups excluding carboxylic acids is 2. The van der Waals surface area contributed by atoms with E-state index in [1.165, 1.54) is 0 Å². The van der Waals surface area contributed by atoms with Gasteiger partial charge >= 0.3 is 0 Å². The van der Waals surface area contributed by atoms with E-state index in [0.717, 1.165) is 42.4 Å². The molecule has 176 valence electrons. The first-order chi connectivity index (χ1) is 18.2. The molecule has 0 atom stereocenters. The molecule has 1 aliphatic rings. The molecule has 0 bridgehead atoms. The van der Waals surface area contributed by atoms with E-state index >= 15 is 0 Å². The van der Waals surface area contributed by atoms with Crippen molar-refractivity contribution >= 4 is 45.6 Å². The molecule has 6 aromatic rings. The average Bonchev–Trinajstić information content (AvgIpc) is 3.74. The van der Waals surface area contributed by atoms with Crippen molar-refractivity contribution in [2.24, 2.45) is 0 Å². The van der Waals surface area contributed by atoms with Gasteiger partial charge in [-0.05, 0) is 45.5 Å². The molecule has 0 spiro atoms. The van der Waals surface area contributed by atoms with Crippen LogP contribution in [0, 0.1) is 0 Å². The molecule has 3 aromatic heterocycles. The summed E-state index contributed by atoms with van der Waals surface area (Å²) in [6.45, 7) is 0. The minimum absolute atomic E-state index is 0.0902. The maximum atomic E-state index is 14.7. The summed E-state index contributed by atoms with van der Waals surface area (Å²) in [7, 11) is 0. The molecule has 3 aromatic carbocycles. The van der Waals surface area contributed by atoms with Gasteiger partial charge in [-0.3, -0.25) is 9.59 Å². The van der Waals surface area contributed by atoms with Crippen molar-refractivity contribution in [2.45, 2.75) is 0 Å². The van der Waals surface area contributed by atoms with Crippen molar-refractivity contribution in [3.8, 4) is 42.4 Å². The second-order valence-electron chi connectivity index (χ2n) is 8.78. The third-order valence-corrected chi connectivity index (χ3v) is 9.47. The highest BCUT2D eigenvalue weighted by atomic mass is 32.1. The van der Waals surface area contributed by atoms with E-state index in [4.69, 9.17) is 0 Å². The van der Waals surface area contributed by atoms with Crippen LogP contribution in [0.4, 0.5) is 0 Å². The van der Waals surface area contributed by atoms with Crippen LogP contribution in [0.15, 0.2) is 107 Å². The third kappa shape index (κ3) is 3.50. The monoisotopic (exact) mass is 530 g/mol. The number of rotatable bonds is 4. The van der Waals surface area contributed by atoms with Crippen LogP contribution in [0.25, 0.3) is 42.4 Å². The number of thiophene rings is 3. The van der Waals surface area contributed by atoms with Crippen LogP contribution in [-0.4, -0.2) is 11.6 Å². The van der Waals surface area contributed by atoms with Crippen LogP contribution < -0.4 is 0 Å². The van der Waals surface area contributed by atoms with E-state index in [-0.39, 0.29) is 11.6 Å². The van der Waals surface area contributed by atoms with Crippen molar-refractivity contribution in [3.05, 3.63) is 129 Å². The minimum atomic E-state index is -0.0938. The fraction of sp³-hybridized carbons (Fsp3) is 0. The van der Waals surface area contributed by atoms with Crippen LogP contribution in [0.2, 0.25) is 0 Å². The number of hydrogen-bond acceptors (Lipinski definition) is 5. The van der Waals surface area contributed by atoms with Gasteiger partial charge in [0.2, 0.25) is 0 Å². The molecule has 0 aliphatic heterocycles. The summed E-state index contributed by atoms with van der Waals surface area (Å²) in [6, 6.07) is 29.8. The molecule has 0 N–H and O–H groups in total. The first-order valence-corrected chi connectivity index (χ1v) is 14.5. The SMILES string of the molecule is O=C1c2c(-c3ccccc3)ccc(-c3cccs3)c2C(=O)c2c(-c3cccs3)ccc(-c3cccs3)c21. The Labute approximate surface area is 226 Å². The molecule has 5 heteroatoms. The van der Waals surface area contributed by atoms with E-state index < -0.39 is 0 Å². The van der Waals surface area contributed by atoms with Gasteiger partial charge in [0.25, 0.3) is 0 Å². The normalized spacial score (nSPS) is 12.4. The predicted molar refractivity (Wildman–Crippen MR) is 155 cm³/mol. The van der Waals surface area contributed by atoms with Gasteiger partial charge in [0.15, 0.2) is 11.6 Å². The number of hydrogen-bond donors (Lipinski definition) is 0. The molecular formula is C32H18O2S3. The number of carbonyl (C=O) groups is 2. The summed E-state index contributed by atoms with van der Waals surface area (Å²) >= 11 is 4.74. The van der Waals surface area contributed by atoms with E-state index in [1.807, 2.05) is 107 Å². The molecule has 0 fully saturated rings. The van der Waals surface area contributed by atoms with Crippen LogP contribution in [0.3, 0.4) is 0 Å².